The number of piperidine rings is 1. The molecule has 7 heteroatoms. The van der Waals surface area contributed by atoms with E-state index >= 15 is 0 Å². The topological polar surface area (TPSA) is 72.8 Å². The average Bonchev–Trinajstić information content (AvgIpc) is 3.11. The second-order valence-corrected chi connectivity index (χ2v) is 7.44. The summed E-state index contributed by atoms with van der Waals surface area (Å²) in [4.78, 5) is 14.3. The molecule has 2 aliphatic rings. The van der Waals surface area contributed by atoms with Gasteiger partial charge in [0.15, 0.2) is 0 Å². The zero-order valence-electron chi connectivity index (χ0n) is 13.3. The van der Waals surface area contributed by atoms with Crippen molar-refractivity contribution in [2.75, 3.05) is 26.2 Å². The van der Waals surface area contributed by atoms with Crippen LogP contribution in [0, 0.1) is 11.8 Å². The molecule has 0 unspecified atom stereocenters. The number of phenolic OH excluding ortho intramolecular Hbond substituents is 1. The molecule has 2 fully saturated rings. The molecule has 3 N–H and O–H groups in total. The van der Waals surface area contributed by atoms with Gasteiger partial charge in [0.1, 0.15) is 5.75 Å². The number of hydrogen-bond donors (Lipinski definition) is 3. The smallest absolute Gasteiger partial charge is 0.227 e. The highest BCUT2D eigenvalue weighted by molar-refractivity contribution is 6.42. The van der Waals surface area contributed by atoms with Crippen molar-refractivity contribution in [3.05, 3.63) is 27.7 Å². The molecule has 0 aliphatic carbocycles. The minimum atomic E-state index is -0.815. The number of nitrogens with zero attached hydrogens (tertiary/aromatic N) is 1. The van der Waals surface area contributed by atoms with Gasteiger partial charge in [-0.1, -0.05) is 23.2 Å². The van der Waals surface area contributed by atoms with Gasteiger partial charge in [0.2, 0.25) is 5.91 Å². The van der Waals surface area contributed by atoms with Crippen LogP contribution in [0.15, 0.2) is 12.1 Å². The van der Waals surface area contributed by atoms with E-state index in [4.69, 9.17) is 23.2 Å². The minimum Gasteiger partial charge on any atom is -0.508 e. The third-order valence-corrected chi connectivity index (χ3v) is 5.82. The fraction of sp³-hybridized carbons (Fsp3) is 0.588. The number of hydrogen-bond acceptors (Lipinski definition) is 4. The quantitative estimate of drug-likeness (QED) is 0.762. The zero-order chi connectivity index (χ0) is 17.3. The number of benzene rings is 1. The van der Waals surface area contributed by atoms with Crippen LogP contribution in [0.4, 0.5) is 0 Å². The van der Waals surface area contributed by atoms with E-state index in [1.165, 1.54) is 12.1 Å². The van der Waals surface area contributed by atoms with Crippen molar-refractivity contribution >= 4 is 29.1 Å². The van der Waals surface area contributed by atoms with Gasteiger partial charge in [-0.2, -0.15) is 0 Å². The number of phenols is 1. The van der Waals surface area contributed by atoms with Gasteiger partial charge in [-0.25, -0.2) is 0 Å². The van der Waals surface area contributed by atoms with Crippen molar-refractivity contribution < 1.29 is 15.0 Å². The molecule has 3 rings (SSSR count). The van der Waals surface area contributed by atoms with E-state index in [-0.39, 0.29) is 28.5 Å². The molecule has 2 aliphatic heterocycles. The second kappa shape index (κ2) is 7.48. The van der Waals surface area contributed by atoms with Gasteiger partial charge in [-0.05, 0) is 37.8 Å². The first-order valence-electron chi connectivity index (χ1n) is 8.33. The summed E-state index contributed by atoms with van der Waals surface area (Å²) >= 11 is 11.9. The number of carbonyl (C=O) groups is 1. The van der Waals surface area contributed by atoms with E-state index in [9.17, 15) is 15.0 Å². The zero-order valence-corrected chi connectivity index (χ0v) is 14.9. The normalized spacial score (nSPS) is 23.5. The molecule has 0 spiro atoms. The van der Waals surface area contributed by atoms with Crippen LogP contribution < -0.4 is 5.32 Å². The summed E-state index contributed by atoms with van der Waals surface area (Å²) in [6, 6.07) is 2.87. The summed E-state index contributed by atoms with van der Waals surface area (Å²) in [6.45, 7) is 2.94. The van der Waals surface area contributed by atoms with Crippen LogP contribution in [0.1, 0.15) is 30.9 Å². The van der Waals surface area contributed by atoms with Crippen LogP contribution in [0.3, 0.4) is 0 Å². The number of carbonyl (C=O) groups excluding carboxylic acids is 1. The van der Waals surface area contributed by atoms with E-state index in [2.05, 4.69) is 5.32 Å². The minimum absolute atomic E-state index is 0.0149. The Morgan fingerprint density at radius 1 is 1.21 bits per heavy atom. The molecule has 2 atom stereocenters. The molecule has 1 aromatic carbocycles. The summed E-state index contributed by atoms with van der Waals surface area (Å²) in [5.41, 5.74) is 0.397. The van der Waals surface area contributed by atoms with E-state index in [0.717, 1.165) is 19.5 Å². The highest BCUT2D eigenvalue weighted by Crippen LogP contribution is 2.39. The van der Waals surface area contributed by atoms with Gasteiger partial charge in [-0.15, -0.1) is 0 Å². The fourth-order valence-electron chi connectivity index (χ4n) is 3.60. The number of aliphatic hydroxyl groups excluding tert-OH is 1. The Morgan fingerprint density at radius 3 is 2.50 bits per heavy atom. The van der Waals surface area contributed by atoms with Crippen LogP contribution >= 0.6 is 23.2 Å². The predicted molar refractivity (Wildman–Crippen MR) is 93.4 cm³/mol. The average molecular weight is 373 g/mol. The van der Waals surface area contributed by atoms with Gasteiger partial charge in [0.05, 0.1) is 22.1 Å². The number of amides is 1. The molecule has 0 saturated carbocycles. The molecular weight excluding hydrogens is 351 g/mol. The van der Waals surface area contributed by atoms with Crippen LogP contribution in [-0.2, 0) is 4.79 Å². The summed E-state index contributed by atoms with van der Waals surface area (Å²) in [7, 11) is 0. The van der Waals surface area contributed by atoms with Crippen molar-refractivity contribution in [3.63, 3.8) is 0 Å². The lowest BCUT2D eigenvalue weighted by molar-refractivity contribution is -0.137. The Kier molecular flexibility index (Phi) is 5.55. The predicted octanol–water partition coefficient (Wildman–Crippen LogP) is 2.58. The maximum atomic E-state index is 12.4. The Bertz CT molecular complexity index is 612. The lowest BCUT2D eigenvalue weighted by atomic mass is 9.86. The first kappa shape index (κ1) is 17.8. The van der Waals surface area contributed by atoms with Gasteiger partial charge in [0.25, 0.3) is 0 Å². The third kappa shape index (κ3) is 3.64. The number of aliphatic hydroxyl groups is 1. The van der Waals surface area contributed by atoms with E-state index < -0.39 is 6.10 Å². The van der Waals surface area contributed by atoms with Gasteiger partial charge >= 0.3 is 0 Å². The number of rotatable bonds is 3. The monoisotopic (exact) mass is 372 g/mol. The van der Waals surface area contributed by atoms with Crippen molar-refractivity contribution in [2.45, 2.75) is 25.4 Å². The van der Waals surface area contributed by atoms with Crippen LogP contribution in [0.2, 0.25) is 10.0 Å². The fourth-order valence-corrected chi connectivity index (χ4v) is 3.93. The first-order chi connectivity index (χ1) is 11.5. The van der Waals surface area contributed by atoms with Gasteiger partial charge in [0, 0.05) is 31.3 Å². The highest BCUT2D eigenvalue weighted by Gasteiger charge is 2.33. The molecule has 132 valence electrons. The number of likely N-dealkylation sites (tertiary alicyclic amines) is 1. The van der Waals surface area contributed by atoms with Crippen molar-refractivity contribution in [3.8, 4) is 5.75 Å². The lowest BCUT2D eigenvalue weighted by Crippen LogP contribution is -2.43. The number of nitrogens with one attached hydrogen (secondary N) is 1. The van der Waals surface area contributed by atoms with Crippen LogP contribution in [-0.4, -0.2) is 47.2 Å². The van der Waals surface area contributed by atoms with Crippen molar-refractivity contribution in [1.29, 1.82) is 0 Å². The summed E-state index contributed by atoms with van der Waals surface area (Å²) in [6.07, 6.45) is 1.49. The molecule has 5 nitrogen and oxygen atoms in total. The second-order valence-electron chi connectivity index (χ2n) is 6.62. The standard InChI is InChI=1S/C17H22Cl2N2O3/c18-13-7-12(15(22)8-14(13)19)16(23)10-2-5-21(6-3-10)17(24)11-1-4-20-9-11/h7-8,10-11,16,20,22-23H,1-6,9H2/t11-,16-/m1/s1. The van der Waals surface area contributed by atoms with Crippen LogP contribution in [0.5, 0.6) is 5.75 Å². The lowest BCUT2D eigenvalue weighted by Gasteiger charge is -2.35. The summed E-state index contributed by atoms with van der Waals surface area (Å²) in [5, 5.41) is 24.4. The van der Waals surface area contributed by atoms with Gasteiger partial charge in [-0.3, -0.25) is 4.79 Å². The van der Waals surface area contributed by atoms with Gasteiger partial charge < -0.3 is 20.4 Å². The molecule has 1 amide bonds. The Morgan fingerprint density at radius 2 is 1.88 bits per heavy atom. The van der Waals surface area contributed by atoms with E-state index in [1.807, 2.05) is 4.90 Å². The molecule has 2 saturated heterocycles. The van der Waals surface area contributed by atoms with Crippen molar-refractivity contribution in [1.82, 2.24) is 10.2 Å². The Balaban J connectivity index is 1.62. The maximum Gasteiger partial charge on any atom is 0.227 e. The van der Waals surface area contributed by atoms with Crippen molar-refractivity contribution in [2.24, 2.45) is 11.8 Å². The molecule has 0 aromatic heterocycles. The maximum absolute atomic E-state index is 12.4. The Labute approximate surface area is 151 Å². The molecule has 1 aromatic rings. The number of halogens is 2. The number of aromatic hydroxyl groups is 1. The first-order valence-corrected chi connectivity index (χ1v) is 9.08. The van der Waals surface area contributed by atoms with E-state index in [1.54, 1.807) is 0 Å². The largest absolute Gasteiger partial charge is 0.508 e. The van der Waals surface area contributed by atoms with Crippen LogP contribution in [0.25, 0.3) is 0 Å². The molecule has 24 heavy (non-hydrogen) atoms. The Hall–Kier alpha value is -1.01. The third-order valence-electron chi connectivity index (χ3n) is 5.10. The molecule has 2 heterocycles. The molecule has 0 radical (unpaired) electrons. The summed E-state index contributed by atoms with van der Waals surface area (Å²) < 4.78 is 0. The molecular formula is C17H22Cl2N2O3. The SMILES string of the molecule is O=C([C@@H]1CCNC1)N1CCC([C@@H](O)c2cc(Cl)c(Cl)cc2O)CC1. The molecule has 0 bridgehead atoms. The van der Waals surface area contributed by atoms with E-state index in [0.29, 0.717) is 36.5 Å². The summed E-state index contributed by atoms with van der Waals surface area (Å²) in [5.74, 6) is 0.238. The highest BCUT2D eigenvalue weighted by atomic mass is 35.5.